The summed E-state index contributed by atoms with van der Waals surface area (Å²) >= 11 is 7.26. The number of carbonyl (C=O) groups excluding carboxylic acids is 1. The fourth-order valence-corrected chi connectivity index (χ4v) is 3.18. The lowest BCUT2D eigenvalue weighted by Gasteiger charge is -2.15. The van der Waals surface area contributed by atoms with Crippen LogP contribution in [0.3, 0.4) is 0 Å². The van der Waals surface area contributed by atoms with Gasteiger partial charge in [-0.05, 0) is 48.9 Å². The lowest BCUT2D eigenvalue weighted by atomic mass is 10.2. The van der Waals surface area contributed by atoms with Gasteiger partial charge in [-0.2, -0.15) is 0 Å². The van der Waals surface area contributed by atoms with Crippen molar-refractivity contribution < 1.29 is 14.7 Å². The molecule has 2 rings (SSSR count). The zero-order valence-corrected chi connectivity index (χ0v) is 14.5. The molecule has 24 heavy (non-hydrogen) atoms. The molecule has 2 aromatic rings. The second-order valence-electron chi connectivity index (χ2n) is 5.07. The number of carboxylic acids is 1. The Hall–Kier alpha value is -2.18. The van der Waals surface area contributed by atoms with Crippen molar-refractivity contribution in [2.75, 3.05) is 11.1 Å². The highest BCUT2D eigenvalue weighted by molar-refractivity contribution is 8.00. The zero-order chi connectivity index (χ0) is 17.7. The number of anilines is 2. The Balaban J connectivity index is 2.10. The van der Waals surface area contributed by atoms with Crippen molar-refractivity contribution in [2.24, 2.45) is 0 Å². The zero-order valence-electron chi connectivity index (χ0n) is 13.0. The van der Waals surface area contributed by atoms with Gasteiger partial charge in [0.25, 0.3) is 0 Å². The summed E-state index contributed by atoms with van der Waals surface area (Å²) in [5.41, 5.74) is 6.67. The minimum absolute atomic E-state index is 0.0475. The van der Waals surface area contributed by atoms with Crippen LogP contribution in [0.2, 0.25) is 5.02 Å². The number of hydrogen-bond acceptors (Lipinski definition) is 4. The van der Waals surface area contributed by atoms with Crippen LogP contribution in [0, 0.1) is 0 Å². The normalized spacial score (nSPS) is 11.8. The van der Waals surface area contributed by atoms with E-state index in [4.69, 9.17) is 22.4 Å². The van der Waals surface area contributed by atoms with Crippen molar-refractivity contribution in [2.45, 2.75) is 23.5 Å². The van der Waals surface area contributed by atoms with Gasteiger partial charge in [0.1, 0.15) is 0 Å². The fourth-order valence-electron chi connectivity index (χ4n) is 2.02. The van der Waals surface area contributed by atoms with Crippen LogP contribution in [-0.2, 0) is 4.79 Å². The molecule has 0 saturated heterocycles. The van der Waals surface area contributed by atoms with Gasteiger partial charge < -0.3 is 16.2 Å². The molecule has 0 heterocycles. The number of benzene rings is 2. The number of halogens is 1. The van der Waals surface area contributed by atoms with Crippen molar-refractivity contribution in [1.29, 1.82) is 0 Å². The van der Waals surface area contributed by atoms with Gasteiger partial charge in [0.15, 0.2) is 0 Å². The summed E-state index contributed by atoms with van der Waals surface area (Å²) < 4.78 is 0. The molecule has 7 heteroatoms. The fraction of sp³-hybridized carbons (Fsp3) is 0.176. The predicted molar refractivity (Wildman–Crippen MR) is 97.8 cm³/mol. The molecule has 0 aromatic heterocycles. The van der Waals surface area contributed by atoms with Crippen LogP contribution in [-0.4, -0.2) is 22.2 Å². The summed E-state index contributed by atoms with van der Waals surface area (Å²) in [6.07, 6.45) is 0.625. The Morgan fingerprint density at radius 1 is 1.25 bits per heavy atom. The van der Waals surface area contributed by atoms with Gasteiger partial charge in [0.05, 0.1) is 15.8 Å². The maximum Gasteiger partial charge on any atom is 0.337 e. The van der Waals surface area contributed by atoms with Crippen LogP contribution in [0.4, 0.5) is 11.4 Å². The Morgan fingerprint density at radius 2 is 1.92 bits per heavy atom. The Labute approximate surface area is 149 Å². The number of nitrogen functional groups attached to an aromatic ring is 1. The van der Waals surface area contributed by atoms with E-state index < -0.39 is 5.97 Å². The summed E-state index contributed by atoms with van der Waals surface area (Å²) in [7, 11) is 0. The van der Waals surface area contributed by atoms with Gasteiger partial charge >= 0.3 is 5.97 Å². The molecule has 0 radical (unpaired) electrons. The number of carboxylic acid groups (broad SMARTS) is 1. The van der Waals surface area contributed by atoms with Crippen molar-refractivity contribution in [3.05, 3.63) is 53.1 Å². The lowest BCUT2D eigenvalue weighted by molar-refractivity contribution is -0.115. The minimum Gasteiger partial charge on any atom is -0.478 e. The van der Waals surface area contributed by atoms with Crippen LogP contribution in [0.25, 0.3) is 0 Å². The maximum atomic E-state index is 12.4. The summed E-state index contributed by atoms with van der Waals surface area (Å²) in [4.78, 5) is 24.5. The van der Waals surface area contributed by atoms with E-state index in [1.807, 2.05) is 19.1 Å². The molecule has 0 aliphatic heterocycles. The van der Waals surface area contributed by atoms with Crippen molar-refractivity contribution in [3.63, 3.8) is 0 Å². The SMILES string of the molecule is CCC(Sc1ccc(N)cc1)C(=O)Nc1ccc(Cl)c(C(=O)O)c1. The van der Waals surface area contributed by atoms with Crippen LogP contribution in [0.15, 0.2) is 47.4 Å². The van der Waals surface area contributed by atoms with Gasteiger partial charge in [0, 0.05) is 16.3 Å². The highest BCUT2D eigenvalue weighted by Gasteiger charge is 2.19. The molecule has 1 unspecified atom stereocenters. The first-order valence-electron chi connectivity index (χ1n) is 7.26. The van der Waals surface area contributed by atoms with E-state index in [0.29, 0.717) is 17.8 Å². The first-order chi connectivity index (χ1) is 11.4. The molecule has 0 spiro atoms. The lowest BCUT2D eigenvalue weighted by Crippen LogP contribution is -2.24. The van der Waals surface area contributed by atoms with E-state index in [0.717, 1.165) is 4.90 Å². The first-order valence-corrected chi connectivity index (χ1v) is 8.52. The molecule has 2 aromatic carbocycles. The molecule has 0 aliphatic rings. The molecule has 0 fully saturated rings. The van der Waals surface area contributed by atoms with Crippen LogP contribution in [0.5, 0.6) is 0 Å². The number of amides is 1. The summed E-state index contributed by atoms with van der Waals surface area (Å²) in [5.74, 6) is -1.34. The third-order valence-corrected chi connectivity index (χ3v) is 4.99. The number of thioether (sulfide) groups is 1. The quantitative estimate of drug-likeness (QED) is 0.529. The minimum atomic E-state index is -1.14. The molecule has 0 saturated carbocycles. The number of aromatic carboxylic acids is 1. The number of carbonyl (C=O) groups is 2. The maximum absolute atomic E-state index is 12.4. The third kappa shape index (κ3) is 4.66. The molecular formula is C17H17ClN2O3S. The van der Waals surface area contributed by atoms with E-state index in [2.05, 4.69) is 5.32 Å². The van der Waals surface area contributed by atoms with Gasteiger partial charge in [0.2, 0.25) is 5.91 Å². The first kappa shape index (κ1) is 18.2. The topological polar surface area (TPSA) is 92.4 Å². The highest BCUT2D eigenvalue weighted by Crippen LogP contribution is 2.28. The Kier molecular flexibility index (Phi) is 6.11. The van der Waals surface area contributed by atoms with E-state index >= 15 is 0 Å². The smallest absolute Gasteiger partial charge is 0.337 e. The van der Waals surface area contributed by atoms with E-state index in [-0.39, 0.29) is 21.7 Å². The molecule has 5 nitrogen and oxygen atoms in total. The Bertz CT molecular complexity index is 750. The van der Waals surface area contributed by atoms with Crippen molar-refractivity contribution >= 4 is 46.6 Å². The number of rotatable bonds is 6. The Morgan fingerprint density at radius 3 is 2.50 bits per heavy atom. The van der Waals surface area contributed by atoms with Crippen molar-refractivity contribution in [1.82, 2.24) is 0 Å². The molecule has 4 N–H and O–H groups in total. The van der Waals surface area contributed by atoms with Gasteiger partial charge in [-0.3, -0.25) is 4.79 Å². The number of hydrogen-bond donors (Lipinski definition) is 3. The van der Waals surface area contributed by atoms with E-state index in [1.165, 1.54) is 23.9 Å². The van der Waals surface area contributed by atoms with E-state index in [1.54, 1.807) is 18.2 Å². The highest BCUT2D eigenvalue weighted by atomic mass is 35.5. The summed E-state index contributed by atoms with van der Waals surface area (Å²) in [5, 5.41) is 11.6. The predicted octanol–water partition coefficient (Wildman–Crippen LogP) is 4.13. The summed E-state index contributed by atoms with van der Waals surface area (Å²) in [6, 6.07) is 11.7. The average molecular weight is 365 g/mol. The van der Waals surface area contributed by atoms with Crippen molar-refractivity contribution in [3.8, 4) is 0 Å². The molecule has 1 amide bonds. The largest absolute Gasteiger partial charge is 0.478 e. The molecule has 126 valence electrons. The second-order valence-corrected chi connectivity index (χ2v) is 6.76. The molecule has 1 atom stereocenters. The molecule has 0 aliphatic carbocycles. The summed E-state index contributed by atoms with van der Waals surface area (Å²) in [6.45, 7) is 1.92. The monoisotopic (exact) mass is 364 g/mol. The van der Waals surface area contributed by atoms with Gasteiger partial charge in [-0.1, -0.05) is 18.5 Å². The molecular weight excluding hydrogens is 348 g/mol. The van der Waals surface area contributed by atoms with Crippen LogP contribution < -0.4 is 11.1 Å². The molecule has 0 bridgehead atoms. The van der Waals surface area contributed by atoms with Gasteiger partial charge in [-0.15, -0.1) is 11.8 Å². The van der Waals surface area contributed by atoms with E-state index in [9.17, 15) is 9.59 Å². The van der Waals surface area contributed by atoms with Gasteiger partial charge in [-0.25, -0.2) is 4.79 Å². The van der Waals surface area contributed by atoms with Crippen LogP contribution >= 0.6 is 23.4 Å². The average Bonchev–Trinajstić information content (AvgIpc) is 2.55. The standard InChI is InChI=1S/C17H17ClN2O3S/c1-2-15(24-12-6-3-10(19)4-7-12)16(21)20-11-5-8-14(18)13(9-11)17(22)23/h3-9,15H,2,19H2,1H3,(H,20,21)(H,22,23). The van der Waals surface area contributed by atoms with Crippen LogP contribution in [0.1, 0.15) is 23.7 Å². The number of nitrogens with one attached hydrogen (secondary N) is 1. The third-order valence-electron chi connectivity index (χ3n) is 3.29. The number of nitrogens with two attached hydrogens (primary N) is 1. The second kappa shape index (κ2) is 8.08.